The summed E-state index contributed by atoms with van der Waals surface area (Å²) in [6, 6.07) is 18.5. The first-order chi connectivity index (χ1) is 14.0. The van der Waals surface area contributed by atoms with Crippen LogP contribution in [-0.4, -0.2) is 31.5 Å². The summed E-state index contributed by atoms with van der Waals surface area (Å²) in [6.45, 7) is -0.315. The Bertz CT molecular complexity index is 1310. The van der Waals surface area contributed by atoms with E-state index in [0.29, 0.717) is 5.75 Å². The molecule has 0 amide bonds. The lowest BCUT2D eigenvalue weighted by atomic mass is 10.1. The number of nitro groups is 1. The van der Waals surface area contributed by atoms with Gasteiger partial charge in [0.25, 0.3) is 5.69 Å². The zero-order chi connectivity index (χ0) is 20.4. The van der Waals surface area contributed by atoms with Crippen LogP contribution >= 0.6 is 0 Å². The number of rotatable bonds is 7. The Morgan fingerprint density at radius 1 is 0.897 bits per heavy atom. The van der Waals surface area contributed by atoms with Gasteiger partial charge in [-0.3, -0.25) is 14.3 Å². The monoisotopic (exact) mass is 412 g/mol. The highest BCUT2D eigenvalue weighted by atomic mass is 32.2. The molecule has 4 aromatic rings. The van der Waals surface area contributed by atoms with Crippen molar-refractivity contribution in [2.24, 2.45) is 0 Å². The minimum atomic E-state index is -4.27. The Labute approximate surface area is 166 Å². The number of ether oxygens (including phenoxy) is 1. The molecule has 0 unspecified atom stereocenters. The van der Waals surface area contributed by atoms with Crippen molar-refractivity contribution < 1.29 is 22.3 Å². The molecule has 0 spiro atoms. The fourth-order valence-electron chi connectivity index (χ4n) is 3.11. The van der Waals surface area contributed by atoms with E-state index in [1.165, 1.54) is 12.1 Å². The standard InChI is InChI=1S/C20H16N2O6S/c23-22(24)19-7-3-4-8-20(19)29(25,26)28-12-11-27-14-9-10-16-15-5-1-2-6-17(15)21-18(16)13-14/h1-10,13,21H,11-12H2. The molecule has 1 aromatic heterocycles. The molecule has 0 radical (unpaired) electrons. The summed E-state index contributed by atoms with van der Waals surface area (Å²) in [5.74, 6) is 0.552. The topological polar surface area (TPSA) is 112 Å². The molecule has 0 atom stereocenters. The fraction of sp³-hybridized carbons (Fsp3) is 0.100. The Balaban J connectivity index is 1.43. The molecule has 0 fully saturated rings. The van der Waals surface area contributed by atoms with Crippen LogP contribution < -0.4 is 4.74 Å². The maximum Gasteiger partial charge on any atom is 0.303 e. The summed E-state index contributed by atoms with van der Waals surface area (Å²) < 4.78 is 35.0. The Morgan fingerprint density at radius 2 is 1.62 bits per heavy atom. The first-order valence-electron chi connectivity index (χ1n) is 8.72. The van der Waals surface area contributed by atoms with Gasteiger partial charge in [0.15, 0.2) is 4.90 Å². The van der Waals surface area contributed by atoms with Crippen LogP contribution in [0.5, 0.6) is 5.75 Å². The first-order valence-corrected chi connectivity index (χ1v) is 10.1. The number of hydrogen-bond acceptors (Lipinski definition) is 6. The maximum absolute atomic E-state index is 12.3. The third kappa shape index (κ3) is 3.78. The number of aromatic amines is 1. The largest absolute Gasteiger partial charge is 0.491 e. The van der Waals surface area contributed by atoms with Crippen molar-refractivity contribution in [1.29, 1.82) is 0 Å². The van der Waals surface area contributed by atoms with Gasteiger partial charge in [0.1, 0.15) is 19.0 Å². The van der Waals surface area contributed by atoms with Gasteiger partial charge in [-0.05, 0) is 24.3 Å². The summed E-state index contributed by atoms with van der Waals surface area (Å²) in [7, 11) is -4.27. The van der Waals surface area contributed by atoms with Crippen molar-refractivity contribution >= 4 is 37.6 Å². The molecule has 9 heteroatoms. The van der Waals surface area contributed by atoms with E-state index in [2.05, 4.69) is 4.98 Å². The van der Waals surface area contributed by atoms with Crippen LogP contribution in [-0.2, 0) is 14.3 Å². The number of aromatic nitrogens is 1. The molecule has 148 valence electrons. The van der Waals surface area contributed by atoms with Crippen molar-refractivity contribution in [2.75, 3.05) is 13.2 Å². The summed E-state index contributed by atoms with van der Waals surface area (Å²) >= 11 is 0. The third-order valence-electron chi connectivity index (χ3n) is 4.40. The van der Waals surface area contributed by atoms with E-state index in [0.717, 1.165) is 33.9 Å². The highest BCUT2D eigenvalue weighted by molar-refractivity contribution is 7.87. The SMILES string of the molecule is O=[N+]([O-])c1ccccc1S(=O)(=O)OCCOc1ccc2c(c1)[nH]c1ccccc12. The molecule has 0 saturated carbocycles. The summed E-state index contributed by atoms with van der Waals surface area (Å²) in [5, 5.41) is 13.2. The van der Waals surface area contributed by atoms with E-state index in [1.54, 1.807) is 6.07 Å². The van der Waals surface area contributed by atoms with Crippen LogP contribution in [0.2, 0.25) is 0 Å². The van der Waals surface area contributed by atoms with Gasteiger partial charge >= 0.3 is 10.1 Å². The Morgan fingerprint density at radius 3 is 2.45 bits per heavy atom. The van der Waals surface area contributed by atoms with Gasteiger partial charge in [-0.15, -0.1) is 0 Å². The van der Waals surface area contributed by atoms with Gasteiger partial charge < -0.3 is 9.72 Å². The average molecular weight is 412 g/mol. The predicted molar refractivity (Wildman–Crippen MR) is 108 cm³/mol. The van der Waals surface area contributed by atoms with E-state index in [9.17, 15) is 18.5 Å². The van der Waals surface area contributed by atoms with Gasteiger partial charge in [-0.1, -0.05) is 30.3 Å². The van der Waals surface area contributed by atoms with E-state index in [4.69, 9.17) is 8.92 Å². The molecule has 4 rings (SSSR count). The van der Waals surface area contributed by atoms with Crippen molar-refractivity contribution in [3.63, 3.8) is 0 Å². The summed E-state index contributed by atoms with van der Waals surface area (Å²) in [4.78, 5) is 13.1. The van der Waals surface area contributed by atoms with Crippen LogP contribution in [0.1, 0.15) is 0 Å². The second-order valence-corrected chi connectivity index (χ2v) is 7.81. The quantitative estimate of drug-likeness (QED) is 0.212. The second-order valence-electron chi connectivity index (χ2n) is 6.23. The zero-order valence-electron chi connectivity index (χ0n) is 15.1. The maximum atomic E-state index is 12.3. The number of benzene rings is 3. The van der Waals surface area contributed by atoms with E-state index in [1.807, 2.05) is 36.4 Å². The Kier molecular flexibility index (Phi) is 4.91. The second kappa shape index (κ2) is 7.53. The molecule has 3 aromatic carbocycles. The minimum absolute atomic E-state index is 0.0361. The molecule has 8 nitrogen and oxygen atoms in total. The number of nitro benzene ring substituents is 1. The molecule has 1 heterocycles. The number of para-hydroxylation sites is 2. The lowest BCUT2D eigenvalue weighted by Crippen LogP contribution is -2.14. The number of hydrogen-bond donors (Lipinski definition) is 1. The highest BCUT2D eigenvalue weighted by Gasteiger charge is 2.25. The molecule has 1 N–H and O–H groups in total. The van der Waals surface area contributed by atoms with Gasteiger partial charge in [0.05, 0.1) is 10.4 Å². The first kappa shape index (κ1) is 18.9. The minimum Gasteiger partial charge on any atom is -0.491 e. The van der Waals surface area contributed by atoms with Crippen molar-refractivity contribution in [3.05, 3.63) is 76.8 Å². The summed E-state index contributed by atoms with van der Waals surface area (Å²) in [5.41, 5.74) is 1.38. The molecule has 0 aliphatic rings. The van der Waals surface area contributed by atoms with Crippen LogP contribution in [0.4, 0.5) is 5.69 Å². The number of nitrogens with one attached hydrogen (secondary N) is 1. The average Bonchev–Trinajstić information content (AvgIpc) is 3.09. The van der Waals surface area contributed by atoms with Crippen LogP contribution in [0.3, 0.4) is 0 Å². The lowest BCUT2D eigenvalue weighted by Gasteiger charge is -2.08. The zero-order valence-corrected chi connectivity index (χ0v) is 15.9. The van der Waals surface area contributed by atoms with E-state index in [-0.39, 0.29) is 13.2 Å². The Hall–Kier alpha value is -3.43. The van der Waals surface area contributed by atoms with Crippen molar-refractivity contribution in [2.45, 2.75) is 4.90 Å². The number of nitrogens with zero attached hydrogens (tertiary/aromatic N) is 1. The molecule has 0 saturated heterocycles. The molecule has 0 bridgehead atoms. The molecule has 29 heavy (non-hydrogen) atoms. The number of H-pyrrole nitrogens is 1. The molecule has 0 aliphatic carbocycles. The van der Waals surface area contributed by atoms with Crippen LogP contribution in [0, 0.1) is 10.1 Å². The van der Waals surface area contributed by atoms with Gasteiger partial charge in [-0.2, -0.15) is 8.42 Å². The molecular weight excluding hydrogens is 396 g/mol. The van der Waals surface area contributed by atoms with Crippen LogP contribution in [0.25, 0.3) is 21.8 Å². The van der Waals surface area contributed by atoms with Gasteiger partial charge in [0.2, 0.25) is 0 Å². The fourth-order valence-corrected chi connectivity index (χ4v) is 4.17. The lowest BCUT2D eigenvalue weighted by molar-refractivity contribution is -0.387. The summed E-state index contributed by atoms with van der Waals surface area (Å²) in [6.07, 6.45) is 0. The molecule has 0 aliphatic heterocycles. The van der Waals surface area contributed by atoms with Gasteiger partial charge in [-0.25, -0.2) is 0 Å². The van der Waals surface area contributed by atoms with Crippen molar-refractivity contribution in [3.8, 4) is 5.75 Å². The normalized spacial score (nSPS) is 11.7. The van der Waals surface area contributed by atoms with Crippen molar-refractivity contribution in [1.82, 2.24) is 4.98 Å². The van der Waals surface area contributed by atoms with Crippen LogP contribution in [0.15, 0.2) is 71.6 Å². The van der Waals surface area contributed by atoms with Gasteiger partial charge in [0, 0.05) is 28.4 Å². The van der Waals surface area contributed by atoms with E-state index >= 15 is 0 Å². The van der Waals surface area contributed by atoms with E-state index < -0.39 is 25.6 Å². The predicted octanol–water partition coefficient (Wildman–Crippen LogP) is 4.01. The smallest absolute Gasteiger partial charge is 0.303 e. The highest BCUT2D eigenvalue weighted by Crippen LogP contribution is 2.28. The number of fused-ring (bicyclic) bond motifs is 3. The molecular formula is C20H16N2O6S. The third-order valence-corrected chi connectivity index (χ3v) is 5.76.